The molecule has 1 amide bonds. The largest absolute Gasteiger partial charge is 0.352 e. The van der Waals surface area contributed by atoms with Gasteiger partial charge in [-0.05, 0) is 24.8 Å². The van der Waals surface area contributed by atoms with Crippen molar-refractivity contribution >= 4 is 17.2 Å². The Morgan fingerprint density at radius 3 is 3.07 bits per heavy atom. The zero-order chi connectivity index (χ0) is 10.9. The minimum absolute atomic E-state index is 0.0374. The number of nitrogens with one attached hydrogen (secondary N) is 1. The molecule has 1 rings (SSSR count). The number of amides is 1. The summed E-state index contributed by atoms with van der Waals surface area (Å²) in [7, 11) is 0. The Hall–Kier alpha value is -1.35. The van der Waals surface area contributed by atoms with Crippen molar-refractivity contribution in [1.82, 2.24) is 5.32 Å². The summed E-state index contributed by atoms with van der Waals surface area (Å²) >= 11 is 1.72. The molecule has 0 aromatic carbocycles. The highest BCUT2D eigenvalue weighted by atomic mass is 32.1. The van der Waals surface area contributed by atoms with Gasteiger partial charge in [-0.2, -0.15) is 0 Å². The van der Waals surface area contributed by atoms with Gasteiger partial charge in [0.2, 0.25) is 5.91 Å². The predicted octanol–water partition coefficient (Wildman–Crippen LogP) is 2.54. The third-order valence-electron chi connectivity index (χ3n) is 1.80. The Morgan fingerprint density at radius 1 is 1.53 bits per heavy atom. The summed E-state index contributed by atoms with van der Waals surface area (Å²) in [6.07, 6.45) is 7.89. The molecule has 15 heavy (non-hydrogen) atoms. The van der Waals surface area contributed by atoms with E-state index in [0.717, 1.165) is 6.42 Å². The molecule has 3 heteroatoms. The number of rotatable bonds is 5. The van der Waals surface area contributed by atoms with Gasteiger partial charge in [-0.25, -0.2) is 0 Å². The maximum Gasteiger partial charge on any atom is 0.243 e. The molecule has 0 saturated heterocycles. The number of hydrogen-bond donors (Lipinski definition) is 1. The molecule has 0 spiro atoms. The van der Waals surface area contributed by atoms with Crippen LogP contribution in [0.15, 0.2) is 41.8 Å². The van der Waals surface area contributed by atoms with Crippen molar-refractivity contribution in [1.29, 1.82) is 0 Å². The van der Waals surface area contributed by atoms with E-state index < -0.39 is 0 Å². The van der Waals surface area contributed by atoms with E-state index in [9.17, 15) is 4.79 Å². The summed E-state index contributed by atoms with van der Waals surface area (Å²) in [5, 5.41) is 4.87. The van der Waals surface area contributed by atoms with Gasteiger partial charge < -0.3 is 5.32 Å². The highest BCUT2D eigenvalue weighted by molar-refractivity contribution is 7.09. The van der Waals surface area contributed by atoms with Crippen LogP contribution in [0.4, 0.5) is 0 Å². The molecule has 0 aliphatic rings. The van der Waals surface area contributed by atoms with Crippen LogP contribution < -0.4 is 5.32 Å². The molecular formula is C12H15NOS. The second-order valence-corrected chi connectivity index (χ2v) is 4.04. The predicted molar refractivity (Wildman–Crippen MR) is 65.0 cm³/mol. The van der Waals surface area contributed by atoms with Crippen molar-refractivity contribution in [2.24, 2.45) is 0 Å². The molecule has 0 atom stereocenters. The lowest BCUT2D eigenvalue weighted by molar-refractivity contribution is -0.116. The van der Waals surface area contributed by atoms with Gasteiger partial charge in [0.05, 0.1) is 0 Å². The van der Waals surface area contributed by atoms with Gasteiger partial charge >= 0.3 is 0 Å². The molecule has 0 radical (unpaired) electrons. The highest BCUT2D eigenvalue weighted by Gasteiger charge is 1.95. The van der Waals surface area contributed by atoms with Crippen LogP contribution in [0.1, 0.15) is 11.8 Å². The Labute approximate surface area is 94.3 Å². The first-order valence-corrected chi connectivity index (χ1v) is 5.80. The lowest BCUT2D eigenvalue weighted by Crippen LogP contribution is -2.23. The van der Waals surface area contributed by atoms with Crippen LogP contribution in [0, 0.1) is 0 Å². The topological polar surface area (TPSA) is 29.1 Å². The summed E-state index contributed by atoms with van der Waals surface area (Å²) < 4.78 is 0. The molecule has 0 aliphatic carbocycles. The number of hydrogen-bond acceptors (Lipinski definition) is 2. The van der Waals surface area contributed by atoms with Gasteiger partial charge in [-0.15, -0.1) is 11.3 Å². The maximum absolute atomic E-state index is 11.2. The molecule has 0 aliphatic heterocycles. The van der Waals surface area contributed by atoms with Crippen molar-refractivity contribution in [3.8, 4) is 0 Å². The summed E-state index contributed by atoms with van der Waals surface area (Å²) in [5.74, 6) is -0.0374. The minimum atomic E-state index is -0.0374. The third-order valence-corrected chi connectivity index (χ3v) is 2.74. The van der Waals surface area contributed by atoms with Crippen molar-refractivity contribution in [3.05, 3.63) is 46.7 Å². The smallest absolute Gasteiger partial charge is 0.243 e. The quantitative estimate of drug-likeness (QED) is 0.601. The van der Waals surface area contributed by atoms with Crippen LogP contribution in [0.5, 0.6) is 0 Å². The van der Waals surface area contributed by atoms with Crippen LogP contribution in [0.25, 0.3) is 0 Å². The Morgan fingerprint density at radius 2 is 2.40 bits per heavy atom. The average molecular weight is 221 g/mol. The van der Waals surface area contributed by atoms with Crippen LogP contribution in [-0.2, 0) is 11.2 Å². The van der Waals surface area contributed by atoms with Crippen molar-refractivity contribution < 1.29 is 4.79 Å². The standard InChI is InChI=1S/C12H15NOS/c1-2-3-4-7-12(14)13-9-8-11-6-5-10-15-11/h2-7,10H,8-9H2,1H3,(H,13,14). The minimum Gasteiger partial charge on any atom is -0.352 e. The second-order valence-electron chi connectivity index (χ2n) is 3.01. The summed E-state index contributed by atoms with van der Waals surface area (Å²) in [5.41, 5.74) is 0. The number of carbonyl (C=O) groups is 1. The van der Waals surface area contributed by atoms with E-state index in [1.54, 1.807) is 17.4 Å². The fraction of sp³-hybridized carbons (Fsp3) is 0.250. The van der Waals surface area contributed by atoms with Crippen LogP contribution in [0.2, 0.25) is 0 Å². The monoisotopic (exact) mass is 221 g/mol. The molecule has 0 unspecified atom stereocenters. The molecule has 1 aromatic heterocycles. The van der Waals surface area contributed by atoms with E-state index in [4.69, 9.17) is 0 Å². The molecular weight excluding hydrogens is 206 g/mol. The molecule has 1 heterocycles. The van der Waals surface area contributed by atoms with E-state index in [1.807, 2.05) is 30.5 Å². The molecule has 2 nitrogen and oxygen atoms in total. The number of thiophene rings is 1. The van der Waals surface area contributed by atoms with Crippen molar-refractivity contribution in [3.63, 3.8) is 0 Å². The van der Waals surface area contributed by atoms with Crippen LogP contribution in [-0.4, -0.2) is 12.5 Å². The Balaban J connectivity index is 2.17. The summed E-state index contributed by atoms with van der Waals surface area (Å²) in [6.45, 7) is 2.61. The average Bonchev–Trinajstić information content (AvgIpc) is 2.71. The van der Waals surface area contributed by atoms with Gasteiger partial charge in [-0.3, -0.25) is 4.79 Å². The highest BCUT2D eigenvalue weighted by Crippen LogP contribution is 2.07. The molecule has 1 N–H and O–H groups in total. The SMILES string of the molecule is CC=CC=CC(=O)NCCc1cccs1. The van der Waals surface area contributed by atoms with Crippen LogP contribution >= 0.6 is 11.3 Å². The van der Waals surface area contributed by atoms with Gasteiger partial charge in [0, 0.05) is 17.5 Å². The summed E-state index contributed by atoms with van der Waals surface area (Å²) in [4.78, 5) is 12.5. The second kappa shape index (κ2) is 7.01. The third kappa shape index (κ3) is 5.18. The van der Waals surface area contributed by atoms with E-state index in [-0.39, 0.29) is 5.91 Å². The fourth-order valence-corrected chi connectivity index (χ4v) is 1.79. The lowest BCUT2D eigenvalue weighted by atomic mass is 10.3. The maximum atomic E-state index is 11.2. The van der Waals surface area contributed by atoms with E-state index in [1.165, 1.54) is 11.0 Å². The van der Waals surface area contributed by atoms with Crippen LogP contribution in [0.3, 0.4) is 0 Å². The molecule has 0 fully saturated rings. The number of allylic oxidation sites excluding steroid dienone is 3. The first kappa shape index (κ1) is 11.7. The van der Waals surface area contributed by atoms with Gasteiger partial charge in [-0.1, -0.05) is 24.3 Å². The zero-order valence-corrected chi connectivity index (χ0v) is 9.59. The lowest BCUT2D eigenvalue weighted by Gasteiger charge is -1.99. The van der Waals surface area contributed by atoms with E-state index in [0.29, 0.717) is 6.54 Å². The van der Waals surface area contributed by atoms with Gasteiger partial charge in [0.15, 0.2) is 0 Å². The Kier molecular flexibility index (Phi) is 5.48. The summed E-state index contributed by atoms with van der Waals surface area (Å²) in [6, 6.07) is 4.10. The van der Waals surface area contributed by atoms with E-state index >= 15 is 0 Å². The van der Waals surface area contributed by atoms with Crippen molar-refractivity contribution in [2.75, 3.05) is 6.54 Å². The van der Waals surface area contributed by atoms with Gasteiger partial charge in [0.1, 0.15) is 0 Å². The Bertz CT molecular complexity index is 339. The zero-order valence-electron chi connectivity index (χ0n) is 8.77. The molecule has 0 saturated carbocycles. The molecule has 80 valence electrons. The van der Waals surface area contributed by atoms with Gasteiger partial charge in [0.25, 0.3) is 0 Å². The normalized spacial score (nSPS) is 11.3. The fourth-order valence-electron chi connectivity index (χ4n) is 1.08. The number of carbonyl (C=O) groups excluding carboxylic acids is 1. The van der Waals surface area contributed by atoms with E-state index in [2.05, 4.69) is 11.4 Å². The molecule has 1 aromatic rings. The van der Waals surface area contributed by atoms with Crippen molar-refractivity contribution in [2.45, 2.75) is 13.3 Å². The first-order valence-electron chi connectivity index (χ1n) is 4.92. The first-order chi connectivity index (χ1) is 7.33. The molecule has 0 bridgehead atoms.